The van der Waals surface area contributed by atoms with E-state index in [9.17, 15) is 10.1 Å². The van der Waals surface area contributed by atoms with Crippen molar-refractivity contribution in [3.8, 4) is 0 Å². The summed E-state index contributed by atoms with van der Waals surface area (Å²) in [4.78, 5) is 10.4. The Morgan fingerprint density at radius 2 is 2.27 bits per heavy atom. The van der Waals surface area contributed by atoms with Crippen molar-refractivity contribution in [2.24, 2.45) is 5.73 Å². The van der Waals surface area contributed by atoms with Crippen molar-refractivity contribution < 1.29 is 4.92 Å². The molecule has 0 fully saturated rings. The molecule has 1 aromatic carbocycles. The molecule has 1 rings (SSSR count). The highest BCUT2D eigenvalue weighted by molar-refractivity contribution is 5.66. The number of nitro groups is 1. The van der Waals surface area contributed by atoms with Crippen LogP contribution in [-0.2, 0) is 0 Å². The Morgan fingerprint density at radius 1 is 1.60 bits per heavy atom. The van der Waals surface area contributed by atoms with E-state index in [4.69, 9.17) is 5.73 Å². The highest BCUT2D eigenvalue weighted by Gasteiger charge is 2.16. The van der Waals surface area contributed by atoms with Gasteiger partial charge in [-0.1, -0.05) is 12.1 Å². The Kier molecular flexibility index (Phi) is 3.62. The standard InChI is InChI=1S/C10H15N3O2/c1-7-4-3-5-9(13(14)15)10(7)12-8(2)6-11/h3-5,8,12H,6,11H2,1-2H3. The maximum absolute atomic E-state index is 10.8. The Labute approximate surface area is 88.4 Å². The van der Waals surface area contributed by atoms with Crippen molar-refractivity contribution in [2.75, 3.05) is 11.9 Å². The summed E-state index contributed by atoms with van der Waals surface area (Å²) >= 11 is 0. The Morgan fingerprint density at radius 3 is 2.80 bits per heavy atom. The van der Waals surface area contributed by atoms with Gasteiger partial charge in [0, 0.05) is 18.7 Å². The van der Waals surface area contributed by atoms with Crippen molar-refractivity contribution in [3.05, 3.63) is 33.9 Å². The number of rotatable bonds is 4. The molecular formula is C10H15N3O2. The van der Waals surface area contributed by atoms with Crippen LogP contribution in [0.3, 0.4) is 0 Å². The van der Waals surface area contributed by atoms with Gasteiger partial charge in [0.05, 0.1) is 4.92 Å². The van der Waals surface area contributed by atoms with E-state index in [2.05, 4.69) is 5.32 Å². The van der Waals surface area contributed by atoms with Crippen LogP contribution in [0.2, 0.25) is 0 Å². The van der Waals surface area contributed by atoms with Crippen molar-refractivity contribution in [2.45, 2.75) is 19.9 Å². The van der Waals surface area contributed by atoms with E-state index in [1.807, 2.05) is 19.9 Å². The smallest absolute Gasteiger partial charge is 0.292 e. The maximum atomic E-state index is 10.8. The number of para-hydroxylation sites is 1. The summed E-state index contributed by atoms with van der Waals surface area (Å²) in [5.74, 6) is 0. The van der Waals surface area contributed by atoms with E-state index < -0.39 is 4.92 Å². The highest BCUT2D eigenvalue weighted by Crippen LogP contribution is 2.27. The molecule has 0 saturated heterocycles. The van der Waals surface area contributed by atoms with E-state index in [1.54, 1.807) is 6.07 Å². The SMILES string of the molecule is Cc1cccc([N+](=O)[O-])c1NC(C)CN. The van der Waals surface area contributed by atoms with E-state index in [-0.39, 0.29) is 11.7 Å². The van der Waals surface area contributed by atoms with Crippen molar-refractivity contribution in [3.63, 3.8) is 0 Å². The minimum atomic E-state index is -0.390. The van der Waals surface area contributed by atoms with Gasteiger partial charge in [0.2, 0.25) is 0 Å². The molecule has 0 saturated carbocycles. The lowest BCUT2D eigenvalue weighted by atomic mass is 10.1. The van der Waals surface area contributed by atoms with Crippen molar-refractivity contribution in [1.29, 1.82) is 0 Å². The zero-order valence-corrected chi connectivity index (χ0v) is 8.86. The lowest BCUT2D eigenvalue weighted by Crippen LogP contribution is -2.25. The highest BCUT2D eigenvalue weighted by atomic mass is 16.6. The average Bonchev–Trinajstić information content (AvgIpc) is 2.20. The zero-order chi connectivity index (χ0) is 11.4. The van der Waals surface area contributed by atoms with Crippen LogP contribution in [0.1, 0.15) is 12.5 Å². The summed E-state index contributed by atoms with van der Waals surface area (Å²) in [5, 5.41) is 13.8. The Hall–Kier alpha value is -1.62. The topological polar surface area (TPSA) is 81.2 Å². The van der Waals surface area contributed by atoms with Gasteiger partial charge >= 0.3 is 0 Å². The van der Waals surface area contributed by atoms with Crippen LogP contribution in [0, 0.1) is 17.0 Å². The number of hydrogen-bond acceptors (Lipinski definition) is 4. The molecule has 3 N–H and O–H groups in total. The summed E-state index contributed by atoms with van der Waals surface area (Å²) in [6.07, 6.45) is 0. The second-order valence-corrected chi connectivity index (χ2v) is 3.51. The van der Waals surface area contributed by atoms with Gasteiger partial charge in [0.25, 0.3) is 5.69 Å². The van der Waals surface area contributed by atoms with E-state index in [1.165, 1.54) is 6.07 Å². The summed E-state index contributed by atoms with van der Waals surface area (Å²) in [6, 6.07) is 5.01. The Balaban J connectivity index is 3.07. The van der Waals surface area contributed by atoms with Crippen LogP contribution in [0.4, 0.5) is 11.4 Å². The minimum Gasteiger partial charge on any atom is -0.376 e. The first kappa shape index (κ1) is 11.5. The number of aryl methyl sites for hydroxylation is 1. The first-order valence-corrected chi connectivity index (χ1v) is 4.77. The van der Waals surface area contributed by atoms with Crippen LogP contribution in [0.5, 0.6) is 0 Å². The number of anilines is 1. The molecule has 15 heavy (non-hydrogen) atoms. The summed E-state index contributed by atoms with van der Waals surface area (Å²) < 4.78 is 0. The van der Waals surface area contributed by atoms with Gasteiger partial charge < -0.3 is 11.1 Å². The molecule has 0 radical (unpaired) electrons. The van der Waals surface area contributed by atoms with Crippen LogP contribution in [0.15, 0.2) is 18.2 Å². The van der Waals surface area contributed by atoms with Crippen molar-refractivity contribution >= 4 is 11.4 Å². The average molecular weight is 209 g/mol. The molecule has 0 bridgehead atoms. The molecule has 1 unspecified atom stereocenters. The van der Waals surface area contributed by atoms with Gasteiger partial charge in [-0.2, -0.15) is 0 Å². The fourth-order valence-electron chi connectivity index (χ4n) is 1.30. The number of nitro benzene ring substituents is 1. The largest absolute Gasteiger partial charge is 0.376 e. The minimum absolute atomic E-state index is 0.0183. The lowest BCUT2D eigenvalue weighted by molar-refractivity contribution is -0.384. The summed E-state index contributed by atoms with van der Waals surface area (Å²) in [7, 11) is 0. The van der Waals surface area contributed by atoms with Crippen molar-refractivity contribution in [1.82, 2.24) is 0 Å². The third-order valence-corrected chi connectivity index (χ3v) is 2.19. The molecule has 0 amide bonds. The van der Waals surface area contributed by atoms with Gasteiger partial charge in [-0.3, -0.25) is 10.1 Å². The van der Waals surface area contributed by atoms with Crippen LogP contribution in [-0.4, -0.2) is 17.5 Å². The predicted molar refractivity (Wildman–Crippen MR) is 60.0 cm³/mol. The second-order valence-electron chi connectivity index (χ2n) is 3.51. The fraction of sp³-hybridized carbons (Fsp3) is 0.400. The Bertz CT molecular complexity index is 366. The molecule has 0 heterocycles. The molecule has 0 spiro atoms. The lowest BCUT2D eigenvalue weighted by Gasteiger charge is -2.14. The summed E-state index contributed by atoms with van der Waals surface area (Å²) in [6.45, 7) is 4.15. The van der Waals surface area contributed by atoms with E-state index in [0.717, 1.165) is 5.56 Å². The number of nitrogens with zero attached hydrogens (tertiary/aromatic N) is 1. The maximum Gasteiger partial charge on any atom is 0.292 e. The molecule has 5 heteroatoms. The quantitative estimate of drug-likeness (QED) is 0.583. The van der Waals surface area contributed by atoms with Crippen LogP contribution < -0.4 is 11.1 Å². The van der Waals surface area contributed by atoms with Gasteiger partial charge in [0.1, 0.15) is 5.69 Å². The predicted octanol–water partition coefficient (Wildman–Crippen LogP) is 1.66. The molecule has 0 aromatic heterocycles. The van der Waals surface area contributed by atoms with Crippen LogP contribution >= 0.6 is 0 Å². The fourth-order valence-corrected chi connectivity index (χ4v) is 1.30. The second kappa shape index (κ2) is 4.75. The molecule has 1 atom stereocenters. The number of nitrogens with one attached hydrogen (secondary N) is 1. The normalized spacial score (nSPS) is 12.2. The molecule has 0 aliphatic heterocycles. The molecular weight excluding hydrogens is 194 g/mol. The van der Waals surface area contributed by atoms with Gasteiger partial charge in [0.15, 0.2) is 0 Å². The summed E-state index contributed by atoms with van der Waals surface area (Å²) in [5.41, 5.74) is 6.96. The molecule has 0 aliphatic carbocycles. The zero-order valence-electron chi connectivity index (χ0n) is 8.86. The third-order valence-electron chi connectivity index (χ3n) is 2.19. The van der Waals surface area contributed by atoms with E-state index >= 15 is 0 Å². The van der Waals surface area contributed by atoms with Gasteiger partial charge in [-0.25, -0.2) is 0 Å². The third kappa shape index (κ3) is 2.66. The molecule has 5 nitrogen and oxygen atoms in total. The van der Waals surface area contributed by atoms with E-state index in [0.29, 0.717) is 12.2 Å². The van der Waals surface area contributed by atoms with Gasteiger partial charge in [-0.15, -0.1) is 0 Å². The monoisotopic (exact) mass is 209 g/mol. The number of nitrogens with two attached hydrogens (primary N) is 1. The van der Waals surface area contributed by atoms with Crippen LogP contribution in [0.25, 0.3) is 0 Å². The molecule has 1 aromatic rings. The first-order chi connectivity index (χ1) is 7.06. The first-order valence-electron chi connectivity index (χ1n) is 4.77. The molecule has 82 valence electrons. The number of hydrogen-bond donors (Lipinski definition) is 2. The number of benzene rings is 1. The molecule has 0 aliphatic rings. The van der Waals surface area contributed by atoms with Gasteiger partial charge in [-0.05, 0) is 19.4 Å².